The van der Waals surface area contributed by atoms with Gasteiger partial charge in [-0.05, 0) is 31.2 Å². The number of aryl methyl sites for hydroxylation is 1. The van der Waals surface area contributed by atoms with Crippen LogP contribution in [0.4, 0.5) is 0 Å². The summed E-state index contributed by atoms with van der Waals surface area (Å²) in [6.45, 7) is 5.95. The van der Waals surface area contributed by atoms with Crippen molar-refractivity contribution < 1.29 is 0 Å². The van der Waals surface area contributed by atoms with Crippen molar-refractivity contribution in [2.75, 3.05) is 6.54 Å². The number of halogens is 1. The summed E-state index contributed by atoms with van der Waals surface area (Å²) in [7, 11) is 0. The number of hydrogen-bond acceptors (Lipinski definition) is 3. The average Bonchev–Trinajstić information content (AvgIpc) is 2.86. The zero-order valence-electron chi connectivity index (χ0n) is 11.3. The minimum atomic E-state index is -0.0206. The van der Waals surface area contributed by atoms with Crippen molar-refractivity contribution in [1.82, 2.24) is 20.1 Å². The molecule has 5 heteroatoms. The maximum atomic E-state index is 6.27. The van der Waals surface area contributed by atoms with Crippen molar-refractivity contribution in [1.29, 1.82) is 0 Å². The Morgan fingerprint density at radius 3 is 2.84 bits per heavy atom. The SMILES string of the molecule is CCCn1nccc1C(NCC)c1ncccc1Cl. The lowest BCUT2D eigenvalue weighted by atomic mass is 10.1. The Balaban J connectivity index is 2.40. The molecule has 0 fully saturated rings. The van der Waals surface area contributed by atoms with Gasteiger partial charge in [-0.25, -0.2) is 0 Å². The number of rotatable bonds is 6. The summed E-state index contributed by atoms with van der Waals surface area (Å²) in [4.78, 5) is 4.42. The molecule has 0 aliphatic carbocycles. The summed E-state index contributed by atoms with van der Waals surface area (Å²) in [5.74, 6) is 0. The van der Waals surface area contributed by atoms with Gasteiger partial charge in [0.25, 0.3) is 0 Å². The first-order valence-electron chi connectivity index (χ1n) is 6.63. The molecular formula is C14H19ClN4. The van der Waals surface area contributed by atoms with Crippen molar-refractivity contribution >= 4 is 11.6 Å². The zero-order chi connectivity index (χ0) is 13.7. The number of aromatic nitrogens is 3. The Bertz CT molecular complexity index is 524. The van der Waals surface area contributed by atoms with E-state index in [0.29, 0.717) is 5.02 Å². The molecule has 1 N–H and O–H groups in total. The fourth-order valence-electron chi connectivity index (χ4n) is 2.14. The fourth-order valence-corrected chi connectivity index (χ4v) is 2.37. The van der Waals surface area contributed by atoms with Gasteiger partial charge in [-0.2, -0.15) is 5.10 Å². The van der Waals surface area contributed by atoms with Crippen LogP contribution < -0.4 is 5.32 Å². The van der Waals surface area contributed by atoms with Crippen LogP contribution >= 0.6 is 11.6 Å². The molecule has 0 spiro atoms. The molecular weight excluding hydrogens is 260 g/mol. The molecule has 1 atom stereocenters. The molecule has 0 radical (unpaired) electrons. The summed E-state index contributed by atoms with van der Waals surface area (Å²) in [5, 5.41) is 8.48. The quantitative estimate of drug-likeness (QED) is 0.883. The van der Waals surface area contributed by atoms with E-state index >= 15 is 0 Å². The second-order valence-corrected chi connectivity index (χ2v) is 4.75. The lowest BCUT2D eigenvalue weighted by Crippen LogP contribution is -2.26. The van der Waals surface area contributed by atoms with Crippen LogP contribution in [0.2, 0.25) is 5.02 Å². The molecule has 2 rings (SSSR count). The van der Waals surface area contributed by atoms with Gasteiger partial charge in [-0.1, -0.05) is 25.4 Å². The van der Waals surface area contributed by atoms with Gasteiger partial charge in [0.05, 0.1) is 22.5 Å². The van der Waals surface area contributed by atoms with E-state index in [0.717, 1.165) is 30.9 Å². The molecule has 0 aromatic carbocycles. The van der Waals surface area contributed by atoms with Crippen LogP contribution in [0.25, 0.3) is 0 Å². The van der Waals surface area contributed by atoms with Crippen LogP contribution in [0.3, 0.4) is 0 Å². The van der Waals surface area contributed by atoms with Crippen LogP contribution in [-0.2, 0) is 6.54 Å². The first kappa shape index (κ1) is 14.0. The second-order valence-electron chi connectivity index (χ2n) is 4.34. The summed E-state index contributed by atoms with van der Waals surface area (Å²) in [6, 6.07) is 5.72. The first-order chi connectivity index (χ1) is 9.27. The summed E-state index contributed by atoms with van der Waals surface area (Å²) >= 11 is 6.27. The normalized spacial score (nSPS) is 12.6. The number of nitrogens with zero attached hydrogens (tertiary/aromatic N) is 3. The van der Waals surface area contributed by atoms with Gasteiger partial charge in [0.1, 0.15) is 0 Å². The van der Waals surface area contributed by atoms with E-state index in [4.69, 9.17) is 11.6 Å². The third-order valence-electron chi connectivity index (χ3n) is 2.95. The zero-order valence-corrected chi connectivity index (χ0v) is 12.1. The topological polar surface area (TPSA) is 42.7 Å². The van der Waals surface area contributed by atoms with E-state index in [1.807, 2.05) is 29.1 Å². The third-order valence-corrected chi connectivity index (χ3v) is 3.27. The highest BCUT2D eigenvalue weighted by Gasteiger charge is 2.20. The van der Waals surface area contributed by atoms with Crippen LogP contribution in [0.1, 0.15) is 37.7 Å². The molecule has 19 heavy (non-hydrogen) atoms. The lowest BCUT2D eigenvalue weighted by molar-refractivity contribution is 0.514. The van der Waals surface area contributed by atoms with E-state index in [1.165, 1.54) is 0 Å². The summed E-state index contributed by atoms with van der Waals surface area (Å²) in [6.07, 6.45) is 4.64. The van der Waals surface area contributed by atoms with E-state index < -0.39 is 0 Å². The molecule has 0 aliphatic heterocycles. The Hall–Kier alpha value is -1.39. The molecule has 2 aromatic heterocycles. The minimum absolute atomic E-state index is 0.0206. The van der Waals surface area contributed by atoms with Crippen molar-refractivity contribution in [2.24, 2.45) is 0 Å². The highest BCUT2D eigenvalue weighted by atomic mass is 35.5. The Labute approximate surface area is 118 Å². The van der Waals surface area contributed by atoms with E-state index in [-0.39, 0.29) is 6.04 Å². The smallest absolute Gasteiger partial charge is 0.0937 e. The molecule has 2 heterocycles. The first-order valence-corrected chi connectivity index (χ1v) is 7.01. The van der Waals surface area contributed by atoms with Crippen molar-refractivity contribution in [3.05, 3.63) is 47.0 Å². The van der Waals surface area contributed by atoms with Crippen molar-refractivity contribution in [2.45, 2.75) is 32.9 Å². The van der Waals surface area contributed by atoms with Crippen molar-refractivity contribution in [3.8, 4) is 0 Å². The van der Waals surface area contributed by atoms with Gasteiger partial charge in [0, 0.05) is 18.9 Å². The Morgan fingerprint density at radius 1 is 1.32 bits per heavy atom. The minimum Gasteiger partial charge on any atom is -0.304 e. The molecule has 0 aliphatic rings. The third kappa shape index (κ3) is 3.14. The van der Waals surface area contributed by atoms with Crippen LogP contribution in [-0.4, -0.2) is 21.3 Å². The average molecular weight is 279 g/mol. The Morgan fingerprint density at radius 2 is 2.16 bits per heavy atom. The number of nitrogens with one attached hydrogen (secondary N) is 1. The van der Waals surface area contributed by atoms with Crippen LogP contribution in [0.5, 0.6) is 0 Å². The predicted molar refractivity (Wildman–Crippen MR) is 77.3 cm³/mol. The maximum absolute atomic E-state index is 6.27. The fraction of sp³-hybridized carbons (Fsp3) is 0.429. The molecule has 0 saturated carbocycles. The Kier molecular flexibility index (Phi) is 4.93. The highest BCUT2D eigenvalue weighted by molar-refractivity contribution is 6.31. The monoisotopic (exact) mass is 278 g/mol. The molecule has 2 aromatic rings. The van der Waals surface area contributed by atoms with Gasteiger partial charge in [-0.3, -0.25) is 9.67 Å². The molecule has 0 amide bonds. The van der Waals surface area contributed by atoms with Gasteiger partial charge < -0.3 is 5.32 Å². The van der Waals surface area contributed by atoms with E-state index in [2.05, 4.69) is 29.2 Å². The number of pyridine rings is 1. The van der Waals surface area contributed by atoms with Gasteiger partial charge in [0.2, 0.25) is 0 Å². The van der Waals surface area contributed by atoms with Gasteiger partial charge in [-0.15, -0.1) is 0 Å². The summed E-state index contributed by atoms with van der Waals surface area (Å²) < 4.78 is 2.01. The molecule has 1 unspecified atom stereocenters. The van der Waals surface area contributed by atoms with E-state index in [1.54, 1.807) is 6.20 Å². The van der Waals surface area contributed by atoms with Gasteiger partial charge in [0.15, 0.2) is 0 Å². The molecule has 4 nitrogen and oxygen atoms in total. The van der Waals surface area contributed by atoms with Crippen LogP contribution in [0.15, 0.2) is 30.6 Å². The largest absolute Gasteiger partial charge is 0.304 e. The molecule has 0 saturated heterocycles. The van der Waals surface area contributed by atoms with E-state index in [9.17, 15) is 0 Å². The summed E-state index contributed by atoms with van der Waals surface area (Å²) in [5.41, 5.74) is 1.95. The van der Waals surface area contributed by atoms with Crippen molar-refractivity contribution in [3.63, 3.8) is 0 Å². The standard InChI is InChI=1S/C14H19ClN4/c1-3-10-19-12(7-9-18-19)14(16-4-2)13-11(15)6-5-8-17-13/h5-9,14,16H,3-4,10H2,1-2H3. The molecule has 102 valence electrons. The van der Waals surface area contributed by atoms with Crippen LogP contribution in [0, 0.1) is 0 Å². The highest BCUT2D eigenvalue weighted by Crippen LogP contribution is 2.26. The molecule has 0 bridgehead atoms. The predicted octanol–water partition coefficient (Wildman–Crippen LogP) is 3.04. The number of hydrogen-bond donors (Lipinski definition) is 1. The maximum Gasteiger partial charge on any atom is 0.0937 e. The van der Waals surface area contributed by atoms with Gasteiger partial charge >= 0.3 is 0 Å². The lowest BCUT2D eigenvalue weighted by Gasteiger charge is -2.19. The second kappa shape index (κ2) is 6.68.